The van der Waals surface area contributed by atoms with Gasteiger partial charge >= 0.3 is 41.8 Å². The van der Waals surface area contributed by atoms with Gasteiger partial charge in [-0.2, -0.15) is 11.8 Å². The highest BCUT2D eigenvalue weighted by Gasteiger charge is 2.21. The summed E-state index contributed by atoms with van der Waals surface area (Å²) in [5, 5.41) is 62.6. The Kier molecular flexibility index (Phi) is 38.3. The van der Waals surface area contributed by atoms with Crippen LogP contribution >= 0.6 is 11.8 Å². The van der Waals surface area contributed by atoms with Gasteiger partial charge < -0.3 is 80.4 Å². The fraction of sp³-hybridized carbons (Fsp3) is 0.553. The van der Waals surface area contributed by atoms with Gasteiger partial charge in [0.2, 0.25) is 0 Å². The minimum absolute atomic E-state index is 0.0208. The van der Waals surface area contributed by atoms with Crippen molar-refractivity contribution in [2.24, 2.45) is 52.2 Å². The molecule has 1 aliphatic heterocycles. The number of hydrogen-bond donors (Lipinski definition) is 15. The summed E-state index contributed by atoms with van der Waals surface area (Å²) in [6.45, 7) is 12.1. The highest BCUT2D eigenvalue weighted by Crippen LogP contribution is 2.18. The first-order chi connectivity index (χ1) is 32.5. The van der Waals surface area contributed by atoms with Gasteiger partial charge in [-0.25, -0.2) is 0 Å². The third-order valence-electron chi connectivity index (χ3n) is 9.94. The molecular weight excluding hydrogens is 933 g/mol. The zero-order valence-corrected chi connectivity index (χ0v) is 42.1. The van der Waals surface area contributed by atoms with E-state index in [1.165, 1.54) is 0 Å². The van der Waals surface area contributed by atoms with Gasteiger partial charge in [0.1, 0.15) is 42.3 Å². The number of thioether (sulfide) groups is 1. The molecule has 1 saturated heterocycles. The van der Waals surface area contributed by atoms with E-state index in [1.54, 1.807) is 25.6 Å². The van der Waals surface area contributed by atoms with Crippen molar-refractivity contribution in [2.45, 2.75) is 129 Å². The Morgan fingerprint density at radius 2 is 1.13 bits per heavy atom. The quantitative estimate of drug-likeness (QED) is 0.0820. The van der Waals surface area contributed by atoms with E-state index in [1.807, 2.05) is 94.7 Å². The Hall–Kier alpha value is -5.66. The van der Waals surface area contributed by atoms with Crippen LogP contribution in [0.5, 0.6) is 0 Å². The molecule has 1 aromatic heterocycles. The average molecular weight is 1010 g/mol. The third kappa shape index (κ3) is 33.8. The van der Waals surface area contributed by atoms with E-state index < -0.39 is 78.0 Å². The van der Waals surface area contributed by atoms with Crippen molar-refractivity contribution >= 4 is 64.4 Å². The van der Waals surface area contributed by atoms with Gasteiger partial charge in [-0.3, -0.25) is 33.6 Å². The van der Waals surface area contributed by atoms with Crippen LogP contribution in [0.3, 0.4) is 0 Å². The largest absolute Gasteiger partial charge is 0.480 e. The normalized spacial score (nSPS) is 15.3. The first-order valence-corrected chi connectivity index (χ1v) is 23.9. The molecular formula is C47H80N8O14S. The number of carboxylic acid groups (broad SMARTS) is 7. The van der Waals surface area contributed by atoms with E-state index >= 15 is 0 Å². The van der Waals surface area contributed by atoms with Gasteiger partial charge in [-0.05, 0) is 85.6 Å². The minimum atomic E-state index is -0.972. The average Bonchev–Trinajstić information content (AvgIpc) is 4.00. The van der Waals surface area contributed by atoms with Crippen molar-refractivity contribution in [3.05, 3.63) is 71.9 Å². The number of H-pyrrole nitrogens is 1. The van der Waals surface area contributed by atoms with Crippen LogP contribution in [0.15, 0.2) is 60.8 Å². The molecule has 4 rings (SSSR count). The van der Waals surface area contributed by atoms with Crippen LogP contribution in [-0.2, 0) is 46.4 Å². The van der Waals surface area contributed by atoms with Crippen LogP contribution in [0.4, 0.5) is 0 Å². The van der Waals surface area contributed by atoms with E-state index in [-0.39, 0.29) is 17.9 Å². The highest BCUT2D eigenvalue weighted by molar-refractivity contribution is 7.98. The standard InChI is InChI=1S/C11H12N2O2.C9H11NO2.2C6H13NO2.C5H11NO2S.C5H9NO2.C5H11NO2/c12-9(11(14)15)5-7-6-13-10-4-2-1-3-8(7)10;10-8(9(11)12)6-7-4-2-1-3-5-7;1-4(2)3-5(7)6(8)9;1-3-4(2)5(7)6(8)9;1-9-3-2-4(6)5(7)8;7-5(8)4-2-1-3-6-4;1-3(2)4(6)5(7)8/h1-4,6,9,13H,5,12H2,(H,14,15);1-5,8H,6,10H2,(H,11,12);2*4-5H,3,7H2,1-2H3,(H,8,9);4H,2-3,6H2,1H3,(H,7,8);4,6H,1-3H2,(H,7,8);3-4H,6H2,1-2H3,(H,7,8)/t9-;8-;5-;4-,5-;3*4-/m0000000/s1. The lowest BCUT2D eigenvalue weighted by atomic mass is 10.0. The summed E-state index contributed by atoms with van der Waals surface area (Å²) in [6.07, 6.45) is 8.17. The number of benzene rings is 2. The maximum absolute atomic E-state index is 10.6. The molecule has 398 valence electrons. The predicted octanol–water partition coefficient (Wildman–Crippen LogP) is 2.68. The second-order valence-electron chi connectivity index (χ2n) is 16.8. The topological polar surface area (TPSA) is 445 Å². The number of rotatable bonds is 19. The molecule has 21 N–H and O–H groups in total. The number of carbonyl (C=O) groups is 7. The van der Waals surface area contributed by atoms with E-state index in [0.29, 0.717) is 31.6 Å². The molecule has 2 aromatic carbocycles. The Morgan fingerprint density at radius 1 is 0.643 bits per heavy atom. The van der Waals surface area contributed by atoms with E-state index in [0.717, 1.165) is 53.6 Å². The molecule has 0 aliphatic carbocycles. The molecule has 0 spiro atoms. The van der Waals surface area contributed by atoms with Crippen LogP contribution in [0.2, 0.25) is 0 Å². The molecule has 2 heterocycles. The Balaban J connectivity index is -0.000000759. The lowest BCUT2D eigenvalue weighted by Gasteiger charge is -2.11. The molecule has 3 aromatic rings. The number of aromatic amines is 1. The summed E-state index contributed by atoms with van der Waals surface area (Å²) in [6, 6.07) is 12.4. The molecule has 0 unspecified atom stereocenters. The van der Waals surface area contributed by atoms with Gasteiger partial charge in [0.25, 0.3) is 0 Å². The lowest BCUT2D eigenvalue weighted by Crippen LogP contribution is -2.36. The molecule has 0 saturated carbocycles. The zero-order chi connectivity index (χ0) is 54.7. The lowest BCUT2D eigenvalue weighted by molar-refractivity contribution is -0.140. The first-order valence-electron chi connectivity index (χ1n) is 22.5. The number of aliphatic carboxylic acids is 7. The molecule has 0 radical (unpaired) electrons. The van der Waals surface area contributed by atoms with Crippen LogP contribution in [-0.4, -0.2) is 143 Å². The Bertz CT molecular complexity index is 1940. The fourth-order valence-corrected chi connectivity index (χ4v) is 5.72. The Morgan fingerprint density at radius 3 is 1.47 bits per heavy atom. The van der Waals surface area contributed by atoms with Crippen molar-refractivity contribution in [1.82, 2.24) is 10.3 Å². The molecule has 1 fully saturated rings. The summed E-state index contributed by atoms with van der Waals surface area (Å²) in [4.78, 5) is 74.6. The summed E-state index contributed by atoms with van der Waals surface area (Å²) in [7, 11) is 0. The second kappa shape index (κ2) is 39.1. The first kappa shape index (κ1) is 68.6. The predicted molar refractivity (Wildman–Crippen MR) is 271 cm³/mol. The number of carboxylic acids is 7. The van der Waals surface area contributed by atoms with Gasteiger partial charge in [0.05, 0.1) is 0 Å². The van der Waals surface area contributed by atoms with E-state index in [9.17, 15) is 33.6 Å². The van der Waals surface area contributed by atoms with Crippen molar-refractivity contribution in [3.63, 3.8) is 0 Å². The number of nitrogens with one attached hydrogen (secondary N) is 2. The van der Waals surface area contributed by atoms with Crippen LogP contribution in [0.1, 0.15) is 84.8 Å². The molecule has 0 amide bonds. The van der Waals surface area contributed by atoms with Gasteiger partial charge in [0.15, 0.2) is 0 Å². The number of hydrogen-bond acceptors (Lipinski definition) is 15. The third-order valence-corrected chi connectivity index (χ3v) is 10.6. The SMILES string of the molecule is CC(C)C[C@H](N)C(=O)O.CC(C)[C@H](N)C(=O)O.CC[C@H](C)[C@H](N)C(=O)O.CSCC[C@H](N)C(=O)O.N[C@@H](Cc1c[nH]c2ccccc12)C(=O)O.N[C@@H](Cc1ccccc1)C(=O)O.O=C(O)[C@@H]1CCCN1. The molecule has 70 heavy (non-hydrogen) atoms. The van der Waals surface area contributed by atoms with Gasteiger partial charge in [0, 0.05) is 23.5 Å². The van der Waals surface area contributed by atoms with Crippen molar-refractivity contribution in [1.29, 1.82) is 0 Å². The molecule has 22 nitrogen and oxygen atoms in total. The maximum Gasteiger partial charge on any atom is 0.320 e. The van der Waals surface area contributed by atoms with E-state index in [2.05, 4.69) is 10.3 Å². The monoisotopic (exact) mass is 1010 g/mol. The van der Waals surface area contributed by atoms with Crippen molar-refractivity contribution < 1.29 is 69.3 Å². The number of aromatic nitrogens is 1. The van der Waals surface area contributed by atoms with Crippen LogP contribution in [0.25, 0.3) is 10.9 Å². The summed E-state index contributed by atoms with van der Waals surface area (Å²) < 4.78 is 0. The summed E-state index contributed by atoms with van der Waals surface area (Å²) in [5.41, 5.74) is 34.6. The van der Waals surface area contributed by atoms with E-state index in [4.69, 9.17) is 70.1 Å². The molecule has 1 aliphatic rings. The number of fused-ring (bicyclic) bond motifs is 1. The Labute approximate surface area is 414 Å². The van der Waals surface area contributed by atoms with Crippen molar-refractivity contribution in [3.8, 4) is 0 Å². The number of para-hydroxylation sites is 1. The zero-order valence-electron chi connectivity index (χ0n) is 41.3. The second-order valence-corrected chi connectivity index (χ2v) is 17.8. The molecule has 8 atom stereocenters. The van der Waals surface area contributed by atoms with Crippen molar-refractivity contribution in [2.75, 3.05) is 18.6 Å². The minimum Gasteiger partial charge on any atom is -0.480 e. The van der Waals surface area contributed by atoms with Gasteiger partial charge in [-0.1, -0.05) is 96.5 Å². The fourth-order valence-electron chi connectivity index (χ4n) is 5.23. The highest BCUT2D eigenvalue weighted by atomic mass is 32.2. The smallest absolute Gasteiger partial charge is 0.320 e. The number of nitrogens with two attached hydrogens (primary N) is 6. The van der Waals surface area contributed by atoms with Gasteiger partial charge in [-0.15, -0.1) is 0 Å². The molecule has 0 bridgehead atoms. The summed E-state index contributed by atoms with van der Waals surface area (Å²) >= 11 is 1.60. The maximum atomic E-state index is 10.6. The molecule has 23 heteroatoms. The van der Waals surface area contributed by atoms with Crippen LogP contribution in [0, 0.1) is 17.8 Å². The summed E-state index contributed by atoms with van der Waals surface area (Å²) in [5.74, 6) is -5.06. The van der Waals surface area contributed by atoms with Crippen LogP contribution < -0.4 is 39.7 Å².